The highest BCUT2D eigenvalue weighted by atomic mass is 16.2. The van der Waals surface area contributed by atoms with Crippen LogP contribution in [0.5, 0.6) is 0 Å². The van der Waals surface area contributed by atoms with Gasteiger partial charge in [0.2, 0.25) is 5.91 Å². The van der Waals surface area contributed by atoms with Crippen LogP contribution < -0.4 is 5.32 Å². The van der Waals surface area contributed by atoms with E-state index >= 15 is 0 Å². The van der Waals surface area contributed by atoms with Gasteiger partial charge in [0.05, 0.1) is 6.54 Å². The number of carbonyl (C=O) groups is 2. The SMILES string of the molecule is CCCCC(C)N1CC(=O)NC(C)(c2ccccc2)C1=O. The third-order valence-corrected chi connectivity index (χ3v) is 4.25. The van der Waals surface area contributed by atoms with Crippen molar-refractivity contribution in [2.75, 3.05) is 6.54 Å². The van der Waals surface area contributed by atoms with E-state index in [0.29, 0.717) is 0 Å². The van der Waals surface area contributed by atoms with Gasteiger partial charge in [-0.3, -0.25) is 9.59 Å². The van der Waals surface area contributed by atoms with E-state index in [9.17, 15) is 9.59 Å². The molecule has 1 aliphatic heterocycles. The van der Waals surface area contributed by atoms with Gasteiger partial charge < -0.3 is 10.2 Å². The highest BCUT2D eigenvalue weighted by Gasteiger charge is 2.45. The predicted octanol–water partition coefficient (Wildman–Crippen LogP) is 2.44. The highest BCUT2D eigenvalue weighted by Crippen LogP contribution is 2.28. The van der Waals surface area contributed by atoms with Crippen molar-refractivity contribution in [3.63, 3.8) is 0 Å². The van der Waals surface area contributed by atoms with E-state index in [2.05, 4.69) is 12.2 Å². The largest absolute Gasteiger partial charge is 0.337 e. The Morgan fingerprint density at radius 3 is 2.57 bits per heavy atom. The molecule has 1 aromatic carbocycles. The molecule has 1 aliphatic rings. The Morgan fingerprint density at radius 1 is 1.29 bits per heavy atom. The summed E-state index contributed by atoms with van der Waals surface area (Å²) in [6.45, 7) is 6.11. The van der Waals surface area contributed by atoms with Gasteiger partial charge in [0, 0.05) is 6.04 Å². The average Bonchev–Trinajstić information content (AvgIpc) is 2.49. The van der Waals surface area contributed by atoms with Crippen LogP contribution in [0.4, 0.5) is 0 Å². The van der Waals surface area contributed by atoms with Crippen molar-refractivity contribution in [3.8, 4) is 0 Å². The lowest BCUT2D eigenvalue weighted by atomic mass is 9.87. The smallest absolute Gasteiger partial charge is 0.253 e. The number of nitrogens with one attached hydrogen (secondary N) is 1. The Morgan fingerprint density at radius 2 is 1.95 bits per heavy atom. The molecule has 4 nitrogen and oxygen atoms in total. The fourth-order valence-corrected chi connectivity index (χ4v) is 2.86. The number of benzene rings is 1. The number of nitrogens with zero attached hydrogens (tertiary/aromatic N) is 1. The van der Waals surface area contributed by atoms with Gasteiger partial charge in [0.25, 0.3) is 5.91 Å². The maximum absolute atomic E-state index is 12.9. The molecule has 114 valence electrons. The molecule has 1 saturated heterocycles. The van der Waals surface area contributed by atoms with Crippen LogP contribution in [0.2, 0.25) is 0 Å². The monoisotopic (exact) mass is 288 g/mol. The molecule has 0 spiro atoms. The molecular formula is C17H24N2O2. The summed E-state index contributed by atoms with van der Waals surface area (Å²) in [6.07, 6.45) is 3.09. The zero-order valence-electron chi connectivity index (χ0n) is 13.1. The Labute approximate surface area is 126 Å². The molecule has 0 radical (unpaired) electrons. The van der Waals surface area contributed by atoms with E-state index in [-0.39, 0.29) is 24.4 Å². The van der Waals surface area contributed by atoms with Crippen molar-refractivity contribution in [3.05, 3.63) is 35.9 Å². The summed E-state index contributed by atoms with van der Waals surface area (Å²) in [6, 6.07) is 9.55. The minimum absolute atomic E-state index is 0.0168. The summed E-state index contributed by atoms with van der Waals surface area (Å²) in [5.41, 5.74) is -0.132. The van der Waals surface area contributed by atoms with Crippen molar-refractivity contribution in [2.45, 2.75) is 51.6 Å². The number of amides is 2. The first-order valence-corrected chi connectivity index (χ1v) is 7.66. The quantitative estimate of drug-likeness (QED) is 0.904. The molecule has 1 heterocycles. The van der Waals surface area contributed by atoms with Crippen LogP contribution in [0, 0.1) is 0 Å². The minimum Gasteiger partial charge on any atom is -0.337 e. The van der Waals surface area contributed by atoms with Crippen molar-refractivity contribution in [1.82, 2.24) is 10.2 Å². The Hall–Kier alpha value is -1.84. The van der Waals surface area contributed by atoms with Crippen LogP contribution in [0.1, 0.15) is 45.6 Å². The first-order valence-electron chi connectivity index (χ1n) is 7.66. The number of hydrogen-bond donors (Lipinski definition) is 1. The van der Waals surface area contributed by atoms with Gasteiger partial charge in [-0.15, -0.1) is 0 Å². The summed E-state index contributed by atoms with van der Waals surface area (Å²) in [5.74, 6) is -0.110. The molecule has 2 unspecified atom stereocenters. The molecular weight excluding hydrogens is 264 g/mol. The van der Waals surface area contributed by atoms with Crippen LogP contribution in [0.3, 0.4) is 0 Å². The number of hydrogen-bond acceptors (Lipinski definition) is 2. The van der Waals surface area contributed by atoms with Crippen LogP contribution in [0.15, 0.2) is 30.3 Å². The molecule has 0 aliphatic carbocycles. The predicted molar refractivity (Wildman–Crippen MR) is 82.6 cm³/mol. The van der Waals surface area contributed by atoms with E-state index in [4.69, 9.17) is 0 Å². The Kier molecular flexibility index (Phi) is 4.66. The lowest BCUT2D eigenvalue weighted by Crippen LogP contribution is -2.64. The van der Waals surface area contributed by atoms with Crippen molar-refractivity contribution >= 4 is 11.8 Å². The molecule has 0 aromatic heterocycles. The Bertz CT molecular complexity index is 515. The van der Waals surface area contributed by atoms with E-state index in [1.807, 2.05) is 37.3 Å². The second-order valence-electron chi connectivity index (χ2n) is 5.96. The first-order chi connectivity index (χ1) is 9.99. The molecule has 1 N–H and O–H groups in total. The van der Waals surface area contributed by atoms with Gasteiger partial charge in [0.15, 0.2) is 0 Å². The molecule has 0 saturated carbocycles. The molecule has 4 heteroatoms. The third kappa shape index (κ3) is 3.09. The summed E-state index contributed by atoms with van der Waals surface area (Å²) >= 11 is 0. The topological polar surface area (TPSA) is 49.4 Å². The van der Waals surface area contributed by atoms with Gasteiger partial charge in [-0.25, -0.2) is 0 Å². The van der Waals surface area contributed by atoms with E-state index in [1.165, 1.54) is 0 Å². The number of piperazine rings is 1. The summed E-state index contributed by atoms with van der Waals surface area (Å²) < 4.78 is 0. The van der Waals surface area contributed by atoms with Crippen LogP contribution in [-0.4, -0.2) is 29.3 Å². The second-order valence-corrected chi connectivity index (χ2v) is 5.96. The molecule has 2 rings (SSSR count). The van der Waals surface area contributed by atoms with Crippen LogP contribution in [0.25, 0.3) is 0 Å². The number of unbranched alkanes of at least 4 members (excludes halogenated alkanes) is 1. The van der Waals surface area contributed by atoms with Gasteiger partial charge >= 0.3 is 0 Å². The fraction of sp³-hybridized carbons (Fsp3) is 0.529. The molecule has 2 atom stereocenters. The summed E-state index contributed by atoms with van der Waals surface area (Å²) in [4.78, 5) is 26.7. The second kappa shape index (κ2) is 6.29. The maximum Gasteiger partial charge on any atom is 0.253 e. The summed E-state index contributed by atoms with van der Waals surface area (Å²) in [7, 11) is 0. The minimum atomic E-state index is -0.961. The lowest BCUT2D eigenvalue weighted by molar-refractivity contribution is -0.152. The lowest BCUT2D eigenvalue weighted by Gasteiger charge is -2.42. The molecule has 1 fully saturated rings. The Balaban J connectivity index is 2.27. The van der Waals surface area contributed by atoms with Crippen molar-refractivity contribution in [2.24, 2.45) is 0 Å². The zero-order chi connectivity index (χ0) is 15.5. The van der Waals surface area contributed by atoms with Gasteiger partial charge in [0.1, 0.15) is 5.54 Å². The maximum atomic E-state index is 12.9. The molecule has 2 amide bonds. The number of rotatable bonds is 5. The van der Waals surface area contributed by atoms with Gasteiger partial charge in [-0.1, -0.05) is 50.1 Å². The molecule has 0 bridgehead atoms. The highest BCUT2D eigenvalue weighted by molar-refractivity contribution is 5.98. The summed E-state index contributed by atoms with van der Waals surface area (Å²) in [5, 5.41) is 2.87. The van der Waals surface area contributed by atoms with Crippen molar-refractivity contribution < 1.29 is 9.59 Å². The average molecular weight is 288 g/mol. The van der Waals surface area contributed by atoms with Gasteiger partial charge in [-0.2, -0.15) is 0 Å². The standard InChI is InChI=1S/C17H24N2O2/c1-4-5-9-13(2)19-12-15(20)18-17(3,16(19)21)14-10-7-6-8-11-14/h6-8,10-11,13H,4-5,9,12H2,1-3H3,(H,18,20). The third-order valence-electron chi connectivity index (χ3n) is 4.25. The molecule has 21 heavy (non-hydrogen) atoms. The number of carbonyl (C=O) groups excluding carboxylic acids is 2. The molecule has 1 aromatic rings. The normalized spacial score (nSPS) is 23.9. The van der Waals surface area contributed by atoms with E-state index in [1.54, 1.807) is 11.8 Å². The zero-order valence-corrected chi connectivity index (χ0v) is 13.1. The fourth-order valence-electron chi connectivity index (χ4n) is 2.86. The van der Waals surface area contributed by atoms with Crippen molar-refractivity contribution in [1.29, 1.82) is 0 Å². The van der Waals surface area contributed by atoms with E-state index in [0.717, 1.165) is 24.8 Å². The first kappa shape index (κ1) is 15.5. The van der Waals surface area contributed by atoms with Crippen LogP contribution in [-0.2, 0) is 15.1 Å². The van der Waals surface area contributed by atoms with Crippen LogP contribution >= 0.6 is 0 Å². The van der Waals surface area contributed by atoms with Gasteiger partial charge in [-0.05, 0) is 25.8 Å². The van der Waals surface area contributed by atoms with E-state index < -0.39 is 5.54 Å².